The van der Waals surface area contributed by atoms with Gasteiger partial charge in [-0.3, -0.25) is 0 Å². The van der Waals surface area contributed by atoms with Crippen LogP contribution in [-0.4, -0.2) is 15.0 Å². The summed E-state index contributed by atoms with van der Waals surface area (Å²) in [6.45, 7) is 0.0641. The van der Waals surface area contributed by atoms with Crippen molar-refractivity contribution >= 4 is 10.0 Å². The molecule has 0 atom stereocenters. The molecule has 22 heavy (non-hydrogen) atoms. The summed E-state index contributed by atoms with van der Waals surface area (Å²) in [5.74, 6) is -2.62. The molecular weight excluding hydrogens is 315 g/mol. The third-order valence-corrected chi connectivity index (χ3v) is 4.35. The van der Waals surface area contributed by atoms with Gasteiger partial charge in [-0.25, -0.2) is 26.3 Å². The van der Waals surface area contributed by atoms with Gasteiger partial charge in [-0.15, -0.1) is 0 Å². The van der Waals surface area contributed by atoms with Crippen LogP contribution in [0.5, 0.6) is 0 Å². The predicted molar refractivity (Wildman–Crippen MR) is 77.1 cm³/mol. The Morgan fingerprint density at radius 3 is 2.14 bits per heavy atom. The first-order valence-electron chi connectivity index (χ1n) is 6.51. The number of rotatable bonds is 6. The zero-order valence-corrected chi connectivity index (χ0v) is 12.3. The molecule has 0 amide bonds. The SMILES string of the molecule is O=S(=O)(Cc1ccc(F)cc1)NCCc1ccc(F)c(F)c1. The molecule has 0 bridgehead atoms. The molecule has 0 aliphatic heterocycles. The van der Waals surface area contributed by atoms with Crippen molar-refractivity contribution in [3.63, 3.8) is 0 Å². The highest BCUT2D eigenvalue weighted by Crippen LogP contribution is 2.10. The molecule has 118 valence electrons. The highest BCUT2D eigenvalue weighted by atomic mass is 32.2. The van der Waals surface area contributed by atoms with Crippen LogP contribution in [-0.2, 0) is 22.2 Å². The van der Waals surface area contributed by atoms with Crippen LogP contribution < -0.4 is 4.72 Å². The van der Waals surface area contributed by atoms with Crippen molar-refractivity contribution in [1.82, 2.24) is 4.72 Å². The maximum atomic E-state index is 13.0. The summed E-state index contributed by atoms with van der Waals surface area (Å²) in [4.78, 5) is 0. The van der Waals surface area contributed by atoms with E-state index in [2.05, 4.69) is 4.72 Å². The largest absolute Gasteiger partial charge is 0.215 e. The number of hydrogen-bond acceptors (Lipinski definition) is 2. The maximum Gasteiger partial charge on any atom is 0.215 e. The van der Waals surface area contributed by atoms with Crippen LogP contribution in [0.15, 0.2) is 42.5 Å². The van der Waals surface area contributed by atoms with Gasteiger partial charge in [0.25, 0.3) is 0 Å². The van der Waals surface area contributed by atoms with Crippen LogP contribution in [0.1, 0.15) is 11.1 Å². The summed E-state index contributed by atoms with van der Waals surface area (Å²) >= 11 is 0. The number of benzene rings is 2. The van der Waals surface area contributed by atoms with Gasteiger partial charge >= 0.3 is 0 Å². The first kappa shape index (κ1) is 16.5. The molecule has 0 spiro atoms. The van der Waals surface area contributed by atoms with Crippen molar-refractivity contribution in [1.29, 1.82) is 0 Å². The van der Waals surface area contributed by atoms with Gasteiger partial charge < -0.3 is 0 Å². The summed E-state index contributed by atoms with van der Waals surface area (Å²) in [6, 6.07) is 8.58. The van der Waals surface area contributed by atoms with Gasteiger partial charge in [-0.1, -0.05) is 18.2 Å². The molecule has 2 aromatic carbocycles. The van der Waals surface area contributed by atoms with Gasteiger partial charge in [0.1, 0.15) is 5.82 Å². The Morgan fingerprint density at radius 2 is 1.50 bits per heavy atom. The summed E-state index contributed by atoms with van der Waals surface area (Å²) < 4.78 is 64.6. The second-order valence-corrected chi connectivity index (χ2v) is 6.59. The number of sulfonamides is 1. The molecule has 0 saturated carbocycles. The molecule has 0 radical (unpaired) electrons. The minimum atomic E-state index is -3.58. The molecule has 0 aliphatic rings. The van der Waals surface area contributed by atoms with Gasteiger partial charge in [0, 0.05) is 6.54 Å². The van der Waals surface area contributed by atoms with E-state index in [0.717, 1.165) is 12.1 Å². The van der Waals surface area contributed by atoms with E-state index >= 15 is 0 Å². The van der Waals surface area contributed by atoms with Crippen molar-refractivity contribution in [3.8, 4) is 0 Å². The Morgan fingerprint density at radius 1 is 0.864 bits per heavy atom. The second kappa shape index (κ2) is 6.93. The van der Waals surface area contributed by atoms with Crippen LogP contribution in [0.3, 0.4) is 0 Å². The standard InChI is InChI=1S/C15H14F3NO2S/c16-13-4-1-12(2-5-13)10-22(20,21)19-8-7-11-3-6-14(17)15(18)9-11/h1-6,9,19H,7-8,10H2. The topological polar surface area (TPSA) is 46.2 Å². The molecule has 0 fully saturated rings. The quantitative estimate of drug-likeness (QED) is 0.886. The van der Waals surface area contributed by atoms with E-state index in [4.69, 9.17) is 0 Å². The average molecular weight is 329 g/mol. The Kier molecular flexibility index (Phi) is 5.20. The zero-order chi connectivity index (χ0) is 16.2. The van der Waals surface area contributed by atoms with E-state index in [1.165, 1.54) is 30.3 Å². The zero-order valence-electron chi connectivity index (χ0n) is 11.5. The van der Waals surface area contributed by atoms with Gasteiger partial charge in [-0.05, 0) is 41.8 Å². The number of hydrogen-bond donors (Lipinski definition) is 1. The second-order valence-electron chi connectivity index (χ2n) is 4.78. The molecule has 2 rings (SSSR count). The van der Waals surface area contributed by atoms with Crippen LogP contribution >= 0.6 is 0 Å². The lowest BCUT2D eigenvalue weighted by Crippen LogP contribution is -2.27. The molecule has 0 aromatic heterocycles. The minimum Gasteiger partial charge on any atom is -0.215 e. The first-order valence-corrected chi connectivity index (χ1v) is 8.17. The van der Waals surface area contributed by atoms with Gasteiger partial charge in [0.2, 0.25) is 10.0 Å². The Labute approximate surface area is 126 Å². The summed E-state index contributed by atoms with van der Waals surface area (Å²) in [5, 5.41) is 0. The fraction of sp³-hybridized carbons (Fsp3) is 0.200. The third-order valence-electron chi connectivity index (χ3n) is 2.99. The predicted octanol–water partition coefficient (Wildman–Crippen LogP) is 2.77. The third kappa shape index (κ3) is 4.85. The Bertz CT molecular complexity index is 746. The highest BCUT2D eigenvalue weighted by Gasteiger charge is 2.11. The molecule has 0 unspecified atom stereocenters. The molecule has 0 heterocycles. The monoisotopic (exact) mass is 329 g/mol. The first-order chi connectivity index (χ1) is 10.4. The van der Waals surface area contributed by atoms with E-state index in [1.54, 1.807) is 0 Å². The van der Waals surface area contributed by atoms with E-state index < -0.39 is 27.5 Å². The van der Waals surface area contributed by atoms with Crippen LogP contribution in [0.4, 0.5) is 13.2 Å². The van der Waals surface area contributed by atoms with Gasteiger partial charge in [-0.2, -0.15) is 0 Å². The molecule has 1 N–H and O–H groups in total. The summed E-state index contributed by atoms with van der Waals surface area (Å²) in [6.07, 6.45) is 0.236. The van der Waals surface area contributed by atoms with Gasteiger partial charge in [0.05, 0.1) is 5.75 Å². The van der Waals surface area contributed by atoms with Crippen LogP contribution in [0.2, 0.25) is 0 Å². The van der Waals surface area contributed by atoms with E-state index in [0.29, 0.717) is 11.1 Å². The number of halogens is 3. The Hall–Kier alpha value is -1.86. The number of nitrogens with one attached hydrogen (secondary N) is 1. The Balaban J connectivity index is 1.89. The van der Waals surface area contributed by atoms with E-state index in [1.807, 2.05) is 0 Å². The lowest BCUT2D eigenvalue weighted by Gasteiger charge is -2.07. The normalized spacial score (nSPS) is 11.6. The lowest BCUT2D eigenvalue weighted by molar-refractivity contribution is 0.507. The molecule has 0 aliphatic carbocycles. The molecule has 3 nitrogen and oxygen atoms in total. The molecule has 2 aromatic rings. The fourth-order valence-electron chi connectivity index (χ4n) is 1.90. The van der Waals surface area contributed by atoms with Crippen molar-refractivity contribution in [2.75, 3.05) is 6.54 Å². The average Bonchev–Trinajstić information content (AvgIpc) is 2.45. The van der Waals surface area contributed by atoms with Crippen molar-refractivity contribution in [3.05, 3.63) is 71.0 Å². The van der Waals surface area contributed by atoms with Crippen LogP contribution in [0.25, 0.3) is 0 Å². The maximum absolute atomic E-state index is 13.0. The highest BCUT2D eigenvalue weighted by molar-refractivity contribution is 7.88. The van der Waals surface area contributed by atoms with Crippen LogP contribution in [0, 0.1) is 17.5 Å². The van der Waals surface area contributed by atoms with E-state index in [-0.39, 0.29) is 18.7 Å². The summed E-state index contributed by atoms with van der Waals surface area (Å²) in [5.41, 5.74) is 0.949. The molecule has 0 saturated heterocycles. The molecule has 7 heteroatoms. The van der Waals surface area contributed by atoms with Crippen molar-refractivity contribution in [2.45, 2.75) is 12.2 Å². The summed E-state index contributed by atoms with van der Waals surface area (Å²) in [7, 11) is -3.58. The lowest BCUT2D eigenvalue weighted by atomic mass is 10.1. The van der Waals surface area contributed by atoms with Crippen molar-refractivity contribution in [2.24, 2.45) is 0 Å². The molecular formula is C15H14F3NO2S. The minimum absolute atomic E-state index is 0.0641. The fourth-order valence-corrected chi connectivity index (χ4v) is 3.04. The van der Waals surface area contributed by atoms with E-state index in [9.17, 15) is 21.6 Å². The smallest absolute Gasteiger partial charge is 0.215 e. The van der Waals surface area contributed by atoms with Gasteiger partial charge in [0.15, 0.2) is 11.6 Å². The van der Waals surface area contributed by atoms with Crippen molar-refractivity contribution < 1.29 is 21.6 Å².